The van der Waals surface area contributed by atoms with Crippen LogP contribution in [0.3, 0.4) is 0 Å². The van der Waals surface area contributed by atoms with Crippen LogP contribution in [0.5, 0.6) is 0 Å². The smallest absolute Gasteiger partial charge is 0.273 e. The van der Waals surface area contributed by atoms with E-state index in [4.69, 9.17) is 11.6 Å². The lowest BCUT2D eigenvalue weighted by molar-refractivity contribution is 0.107. The first kappa shape index (κ1) is 6.22. The number of nitrogens with one attached hydrogen (secondary N) is 1. The molecule has 1 aromatic rings. The van der Waals surface area contributed by atoms with Gasteiger partial charge in [-0.1, -0.05) is 0 Å². The van der Waals surface area contributed by atoms with Gasteiger partial charge in [0.15, 0.2) is 11.5 Å². The van der Waals surface area contributed by atoms with Crippen molar-refractivity contribution in [2.24, 2.45) is 0 Å². The molecular weight excluding hydrogens is 147 g/mol. The van der Waals surface area contributed by atoms with Crippen molar-refractivity contribution >= 4 is 16.8 Å². The molecule has 0 aromatic carbocycles. The second-order valence-corrected chi connectivity index (χ2v) is 1.71. The minimum absolute atomic E-state index is 0.295. The van der Waals surface area contributed by atoms with Crippen LogP contribution in [-0.2, 0) is 0 Å². The lowest BCUT2D eigenvalue weighted by atomic mass is 10.5. The predicted octanol–water partition coefficient (Wildman–Crippen LogP) is 0.928. The van der Waals surface area contributed by atoms with Crippen LogP contribution < -0.4 is 0 Å². The summed E-state index contributed by atoms with van der Waals surface area (Å²) in [5.41, 5.74) is -0.295. The summed E-state index contributed by atoms with van der Waals surface area (Å²) in [7, 11) is 0. The zero-order valence-electron chi connectivity index (χ0n) is 4.19. The zero-order chi connectivity index (χ0) is 6.85. The highest BCUT2D eigenvalue weighted by molar-refractivity contribution is 6.67. The van der Waals surface area contributed by atoms with Gasteiger partial charge in [0.05, 0.1) is 6.20 Å². The van der Waals surface area contributed by atoms with Crippen LogP contribution in [0.4, 0.5) is 4.39 Å². The molecule has 0 spiro atoms. The second kappa shape index (κ2) is 2.14. The van der Waals surface area contributed by atoms with E-state index in [-0.39, 0.29) is 5.69 Å². The lowest BCUT2D eigenvalue weighted by Crippen LogP contribution is -1.91. The van der Waals surface area contributed by atoms with Gasteiger partial charge in [-0.2, -0.15) is 5.10 Å². The topological polar surface area (TPSA) is 45.8 Å². The number of carbonyl (C=O) groups excluding carboxylic acids is 1. The van der Waals surface area contributed by atoms with Gasteiger partial charge >= 0.3 is 0 Å². The van der Waals surface area contributed by atoms with E-state index in [9.17, 15) is 9.18 Å². The number of aromatic amines is 1. The van der Waals surface area contributed by atoms with Crippen molar-refractivity contribution in [3.05, 3.63) is 17.7 Å². The summed E-state index contributed by atoms with van der Waals surface area (Å²) >= 11 is 4.90. The molecule has 0 aliphatic carbocycles. The molecule has 0 fully saturated rings. The summed E-state index contributed by atoms with van der Waals surface area (Å²) < 4.78 is 12.2. The number of hydrogen-bond donors (Lipinski definition) is 1. The highest BCUT2D eigenvalue weighted by Crippen LogP contribution is 2.03. The summed E-state index contributed by atoms with van der Waals surface area (Å²) in [4.78, 5) is 10.2. The highest BCUT2D eigenvalue weighted by Gasteiger charge is 2.09. The van der Waals surface area contributed by atoms with Crippen molar-refractivity contribution in [3.63, 3.8) is 0 Å². The first-order chi connectivity index (χ1) is 4.22. The Labute approximate surface area is 54.8 Å². The average Bonchev–Trinajstić information content (AvgIpc) is 2.13. The molecule has 1 rings (SSSR count). The molecule has 0 unspecified atom stereocenters. The standard InChI is InChI=1S/C4H2ClFN2O/c5-4(9)3-2(6)1-7-8-3/h1H,(H,7,8). The van der Waals surface area contributed by atoms with Gasteiger partial charge in [-0.3, -0.25) is 9.89 Å². The summed E-state index contributed by atoms with van der Waals surface area (Å²) in [5, 5.41) is 4.47. The van der Waals surface area contributed by atoms with Crippen LogP contribution in [0, 0.1) is 5.82 Å². The van der Waals surface area contributed by atoms with Crippen molar-refractivity contribution in [1.82, 2.24) is 10.2 Å². The van der Waals surface area contributed by atoms with Gasteiger partial charge in [0.1, 0.15) is 0 Å². The van der Waals surface area contributed by atoms with E-state index in [1.165, 1.54) is 0 Å². The van der Waals surface area contributed by atoms with Crippen LogP contribution in [0.1, 0.15) is 10.5 Å². The molecule has 0 aliphatic heterocycles. The summed E-state index contributed by atoms with van der Waals surface area (Å²) in [6, 6.07) is 0. The van der Waals surface area contributed by atoms with Crippen LogP contribution in [0.2, 0.25) is 0 Å². The van der Waals surface area contributed by atoms with E-state index in [2.05, 4.69) is 10.2 Å². The number of nitrogens with zero attached hydrogens (tertiary/aromatic N) is 1. The van der Waals surface area contributed by atoms with Gasteiger partial charge < -0.3 is 0 Å². The third-order valence-corrected chi connectivity index (χ3v) is 0.979. The fourth-order valence-corrected chi connectivity index (χ4v) is 0.542. The molecule has 0 saturated heterocycles. The van der Waals surface area contributed by atoms with E-state index in [0.29, 0.717) is 0 Å². The zero-order valence-corrected chi connectivity index (χ0v) is 4.94. The number of hydrogen-bond acceptors (Lipinski definition) is 2. The molecule has 5 heteroatoms. The summed E-state index contributed by atoms with van der Waals surface area (Å²) in [6.45, 7) is 0. The Morgan fingerprint density at radius 1 is 1.89 bits per heavy atom. The number of rotatable bonds is 1. The Bertz CT molecular complexity index is 234. The molecule has 0 bridgehead atoms. The molecule has 48 valence electrons. The van der Waals surface area contributed by atoms with Gasteiger partial charge in [0, 0.05) is 0 Å². The van der Waals surface area contributed by atoms with Crippen molar-refractivity contribution in [3.8, 4) is 0 Å². The van der Waals surface area contributed by atoms with Gasteiger partial charge in [0.2, 0.25) is 0 Å². The molecule has 0 saturated carbocycles. The average molecular weight is 149 g/mol. The van der Waals surface area contributed by atoms with Crippen molar-refractivity contribution in [2.75, 3.05) is 0 Å². The maximum Gasteiger partial charge on any atom is 0.273 e. The summed E-state index contributed by atoms with van der Waals surface area (Å²) in [5.74, 6) is -0.727. The highest BCUT2D eigenvalue weighted by atomic mass is 35.5. The molecule has 1 heterocycles. The molecule has 3 nitrogen and oxygen atoms in total. The lowest BCUT2D eigenvalue weighted by Gasteiger charge is -1.81. The molecule has 0 aliphatic rings. The van der Waals surface area contributed by atoms with Crippen LogP contribution in [0.25, 0.3) is 0 Å². The van der Waals surface area contributed by atoms with E-state index in [1.807, 2.05) is 0 Å². The number of aromatic nitrogens is 2. The minimum Gasteiger partial charge on any atom is -0.274 e. The molecule has 0 amide bonds. The summed E-state index contributed by atoms with van der Waals surface area (Å²) in [6.07, 6.45) is 0.885. The molecular formula is C4H2ClFN2O. The molecule has 0 radical (unpaired) electrons. The van der Waals surface area contributed by atoms with Crippen molar-refractivity contribution in [1.29, 1.82) is 0 Å². The van der Waals surface area contributed by atoms with Gasteiger partial charge in [-0.05, 0) is 11.6 Å². The Balaban J connectivity index is 3.08. The van der Waals surface area contributed by atoms with Gasteiger partial charge in [0.25, 0.3) is 5.24 Å². The normalized spacial score (nSPS) is 9.56. The second-order valence-electron chi connectivity index (χ2n) is 1.37. The Kier molecular flexibility index (Phi) is 1.48. The quantitative estimate of drug-likeness (QED) is 0.602. The number of halogens is 2. The largest absolute Gasteiger partial charge is 0.274 e. The Morgan fingerprint density at radius 2 is 2.56 bits per heavy atom. The maximum atomic E-state index is 12.2. The Morgan fingerprint density at radius 3 is 2.78 bits per heavy atom. The third-order valence-electron chi connectivity index (χ3n) is 0.790. The minimum atomic E-state index is -0.870. The van der Waals surface area contributed by atoms with E-state index < -0.39 is 11.1 Å². The maximum absolute atomic E-state index is 12.2. The van der Waals surface area contributed by atoms with Gasteiger partial charge in [-0.25, -0.2) is 4.39 Å². The molecule has 1 N–H and O–H groups in total. The predicted molar refractivity (Wildman–Crippen MR) is 28.7 cm³/mol. The fraction of sp³-hybridized carbons (Fsp3) is 0. The fourth-order valence-electron chi connectivity index (χ4n) is 0.409. The Hall–Kier alpha value is -0.900. The monoisotopic (exact) mass is 148 g/mol. The van der Waals surface area contributed by atoms with E-state index in [0.717, 1.165) is 6.20 Å². The van der Waals surface area contributed by atoms with Crippen molar-refractivity contribution < 1.29 is 9.18 Å². The third kappa shape index (κ3) is 1.08. The number of carbonyl (C=O) groups is 1. The first-order valence-electron chi connectivity index (χ1n) is 2.10. The van der Waals surface area contributed by atoms with Crippen LogP contribution in [-0.4, -0.2) is 15.4 Å². The molecule has 0 atom stereocenters. The SMILES string of the molecule is O=C(Cl)c1[nH]ncc1F. The van der Waals surface area contributed by atoms with Crippen LogP contribution in [0.15, 0.2) is 6.20 Å². The van der Waals surface area contributed by atoms with Gasteiger partial charge in [-0.15, -0.1) is 0 Å². The van der Waals surface area contributed by atoms with Crippen molar-refractivity contribution in [2.45, 2.75) is 0 Å². The molecule has 9 heavy (non-hydrogen) atoms. The number of H-pyrrole nitrogens is 1. The molecule has 1 aromatic heterocycles. The first-order valence-corrected chi connectivity index (χ1v) is 2.48. The van der Waals surface area contributed by atoms with E-state index >= 15 is 0 Å². The van der Waals surface area contributed by atoms with E-state index in [1.54, 1.807) is 0 Å². The van der Waals surface area contributed by atoms with Crippen LogP contribution >= 0.6 is 11.6 Å².